The van der Waals surface area contributed by atoms with Gasteiger partial charge in [-0.1, -0.05) is 56.5 Å². The lowest BCUT2D eigenvalue weighted by atomic mass is 9.83. The summed E-state index contributed by atoms with van der Waals surface area (Å²) in [5.41, 5.74) is 0.823. The molecule has 0 radical (unpaired) electrons. The van der Waals surface area contributed by atoms with E-state index < -0.39 is 35.8 Å². The lowest BCUT2D eigenvalue weighted by molar-refractivity contribution is -0.135. The first-order valence-electron chi connectivity index (χ1n) is 11.3. The minimum Gasteiger partial charge on any atom is -0.325 e. The average molecular weight is 563 g/mol. The Labute approximate surface area is 206 Å². The Bertz CT molecular complexity index is 1040. The lowest BCUT2D eigenvalue weighted by Crippen LogP contribution is -2.51. The van der Waals surface area contributed by atoms with Crippen molar-refractivity contribution in [2.24, 2.45) is 5.92 Å². The first kappa shape index (κ1) is 23.7. The van der Waals surface area contributed by atoms with Crippen LogP contribution >= 0.6 is 22.6 Å². The number of hydrogen-bond acceptors (Lipinski definition) is 3. The molecule has 6 nitrogen and oxygen atoms in total. The van der Waals surface area contributed by atoms with Gasteiger partial charge in [0.25, 0.3) is 5.91 Å². The van der Waals surface area contributed by atoms with Crippen LogP contribution in [0.1, 0.15) is 50.5 Å². The summed E-state index contributed by atoms with van der Waals surface area (Å²) in [7, 11) is 0. The lowest BCUT2D eigenvalue weighted by Gasteiger charge is -2.31. The van der Waals surface area contributed by atoms with E-state index >= 15 is 0 Å². The van der Waals surface area contributed by atoms with Crippen molar-refractivity contribution in [3.05, 3.63) is 63.5 Å². The van der Waals surface area contributed by atoms with Crippen LogP contribution in [-0.4, -0.2) is 34.8 Å². The van der Waals surface area contributed by atoms with Crippen molar-refractivity contribution >= 4 is 46.1 Å². The van der Waals surface area contributed by atoms with Crippen LogP contribution in [0.3, 0.4) is 0 Å². The number of halogens is 2. The standard InChI is InChI=1S/C25H27FIN3O3/c1-15(16-8-4-2-5-9-16)22(23(31)28-20-13-12-18(27)14-19(20)26)30-24(32)21(29-25(30)33)17-10-6-3-7-11-17/h2,4-5,8-9,12-15,17,21-22H,3,6-7,10-11H2,1H3,(H,28,31)(H,29,33)/t15-,21?,22-/m0/s1. The van der Waals surface area contributed by atoms with Gasteiger partial charge >= 0.3 is 6.03 Å². The van der Waals surface area contributed by atoms with Crippen LogP contribution in [0.2, 0.25) is 0 Å². The highest BCUT2D eigenvalue weighted by atomic mass is 127. The maximum atomic E-state index is 14.5. The fourth-order valence-electron chi connectivity index (χ4n) is 4.87. The molecule has 1 saturated carbocycles. The minimum atomic E-state index is -1.12. The highest BCUT2D eigenvalue weighted by molar-refractivity contribution is 14.1. The highest BCUT2D eigenvalue weighted by Gasteiger charge is 2.49. The predicted octanol–water partition coefficient (Wildman–Crippen LogP) is 5.04. The van der Waals surface area contributed by atoms with Gasteiger partial charge in [0.2, 0.25) is 5.91 Å². The maximum absolute atomic E-state index is 14.5. The van der Waals surface area contributed by atoms with E-state index in [9.17, 15) is 18.8 Å². The number of imide groups is 1. The van der Waals surface area contributed by atoms with Gasteiger partial charge in [-0.05, 0) is 65.1 Å². The zero-order valence-electron chi connectivity index (χ0n) is 18.4. The summed E-state index contributed by atoms with van der Waals surface area (Å²) in [4.78, 5) is 41.0. The van der Waals surface area contributed by atoms with Crippen molar-refractivity contribution < 1.29 is 18.8 Å². The highest BCUT2D eigenvalue weighted by Crippen LogP contribution is 2.33. The van der Waals surface area contributed by atoms with Gasteiger partial charge in [0.05, 0.1) is 5.69 Å². The number of carbonyl (C=O) groups excluding carboxylic acids is 3. The second-order valence-corrected chi connectivity index (χ2v) is 10.0. The smallest absolute Gasteiger partial charge is 0.325 e. The number of carbonyl (C=O) groups is 3. The second-order valence-electron chi connectivity index (χ2n) is 8.79. The van der Waals surface area contributed by atoms with Crippen molar-refractivity contribution in [2.45, 2.75) is 57.0 Å². The number of urea groups is 1. The van der Waals surface area contributed by atoms with E-state index in [1.807, 2.05) is 52.9 Å². The third-order valence-electron chi connectivity index (χ3n) is 6.66. The third kappa shape index (κ3) is 5.05. The summed E-state index contributed by atoms with van der Waals surface area (Å²) in [6.45, 7) is 1.80. The molecule has 0 aromatic heterocycles. The molecule has 33 heavy (non-hydrogen) atoms. The number of rotatable bonds is 6. The van der Waals surface area contributed by atoms with Gasteiger partial charge in [0.15, 0.2) is 0 Å². The summed E-state index contributed by atoms with van der Waals surface area (Å²) < 4.78 is 15.2. The molecule has 4 amide bonds. The van der Waals surface area contributed by atoms with E-state index in [1.165, 1.54) is 12.1 Å². The summed E-state index contributed by atoms with van der Waals surface area (Å²) in [5.74, 6) is -1.96. The van der Waals surface area contributed by atoms with Gasteiger partial charge in [-0.15, -0.1) is 0 Å². The predicted molar refractivity (Wildman–Crippen MR) is 132 cm³/mol. The van der Waals surface area contributed by atoms with Crippen molar-refractivity contribution in [1.29, 1.82) is 0 Å². The van der Waals surface area contributed by atoms with E-state index in [0.717, 1.165) is 42.6 Å². The molecule has 2 aliphatic rings. The van der Waals surface area contributed by atoms with E-state index in [-0.39, 0.29) is 17.5 Å². The van der Waals surface area contributed by atoms with Crippen LogP contribution < -0.4 is 10.6 Å². The van der Waals surface area contributed by atoms with Crippen molar-refractivity contribution in [2.75, 3.05) is 5.32 Å². The van der Waals surface area contributed by atoms with Crippen LogP contribution in [-0.2, 0) is 9.59 Å². The van der Waals surface area contributed by atoms with Gasteiger partial charge in [0, 0.05) is 9.49 Å². The molecule has 2 fully saturated rings. The molecule has 0 spiro atoms. The molecule has 1 unspecified atom stereocenters. The van der Waals surface area contributed by atoms with Gasteiger partial charge < -0.3 is 10.6 Å². The Morgan fingerprint density at radius 1 is 1.12 bits per heavy atom. The Morgan fingerprint density at radius 3 is 2.48 bits per heavy atom. The average Bonchev–Trinajstić information content (AvgIpc) is 3.11. The van der Waals surface area contributed by atoms with Gasteiger partial charge in [-0.3, -0.25) is 9.59 Å². The second kappa shape index (κ2) is 10.2. The number of amides is 4. The van der Waals surface area contributed by atoms with Crippen LogP contribution in [0.15, 0.2) is 48.5 Å². The van der Waals surface area contributed by atoms with Crippen molar-refractivity contribution in [3.63, 3.8) is 0 Å². The van der Waals surface area contributed by atoms with Crippen LogP contribution in [0.25, 0.3) is 0 Å². The summed E-state index contributed by atoms with van der Waals surface area (Å²) in [6.07, 6.45) is 4.95. The van der Waals surface area contributed by atoms with Gasteiger partial charge in [0.1, 0.15) is 17.9 Å². The number of hydrogen-bond donors (Lipinski definition) is 2. The maximum Gasteiger partial charge on any atom is 0.325 e. The molecule has 1 aliphatic carbocycles. The van der Waals surface area contributed by atoms with Gasteiger partial charge in [-0.25, -0.2) is 14.1 Å². The molecule has 2 aromatic carbocycles. The number of nitrogens with zero attached hydrogens (tertiary/aromatic N) is 1. The summed E-state index contributed by atoms with van der Waals surface area (Å²) >= 11 is 1.99. The molecule has 1 aliphatic heterocycles. The normalized spacial score (nSPS) is 20.9. The first-order valence-corrected chi connectivity index (χ1v) is 12.4. The topological polar surface area (TPSA) is 78.5 Å². The Balaban J connectivity index is 1.65. The Hall–Kier alpha value is -2.49. The third-order valence-corrected chi connectivity index (χ3v) is 7.33. The molecule has 4 rings (SSSR count). The minimum absolute atomic E-state index is 0.0153. The zero-order valence-corrected chi connectivity index (χ0v) is 20.5. The Morgan fingerprint density at radius 2 is 1.82 bits per heavy atom. The largest absolute Gasteiger partial charge is 0.325 e. The molecular formula is C25H27FIN3O3. The molecule has 0 bridgehead atoms. The van der Waals surface area contributed by atoms with Crippen LogP contribution in [0, 0.1) is 15.3 Å². The number of benzene rings is 2. The van der Waals surface area contributed by atoms with E-state index in [2.05, 4.69) is 10.6 Å². The summed E-state index contributed by atoms with van der Waals surface area (Å²) in [5, 5.41) is 5.44. The van der Waals surface area contributed by atoms with Crippen molar-refractivity contribution in [3.8, 4) is 0 Å². The molecule has 3 atom stereocenters. The fourth-order valence-corrected chi connectivity index (χ4v) is 5.32. The zero-order chi connectivity index (χ0) is 23.5. The molecule has 1 saturated heterocycles. The van der Waals surface area contributed by atoms with Crippen LogP contribution in [0.4, 0.5) is 14.9 Å². The summed E-state index contributed by atoms with van der Waals surface area (Å²) in [6, 6.07) is 11.4. The first-order chi connectivity index (χ1) is 15.9. The molecule has 2 aromatic rings. The van der Waals surface area contributed by atoms with Crippen molar-refractivity contribution in [1.82, 2.24) is 10.2 Å². The molecular weight excluding hydrogens is 536 g/mol. The number of anilines is 1. The monoisotopic (exact) mass is 563 g/mol. The van der Waals surface area contributed by atoms with E-state index in [1.54, 1.807) is 13.0 Å². The van der Waals surface area contributed by atoms with Gasteiger partial charge in [-0.2, -0.15) is 0 Å². The quantitative estimate of drug-likeness (QED) is 0.382. The van der Waals surface area contributed by atoms with E-state index in [0.29, 0.717) is 3.57 Å². The molecule has 1 heterocycles. The van der Waals surface area contributed by atoms with Crippen LogP contribution in [0.5, 0.6) is 0 Å². The Kier molecular flexibility index (Phi) is 7.31. The molecule has 2 N–H and O–H groups in total. The fraction of sp³-hybridized carbons (Fsp3) is 0.400. The molecule has 174 valence electrons. The molecule has 8 heteroatoms. The van der Waals surface area contributed by atoms with E-state index in [4.69, 9.17) is 0 Å². The SMILES string of the molecule is C[C@@H](c1ccccc1)[C@@H](C(=O)Nc1ccc(I)cc1F)N1C(=O)NC(C2CCCCC2)C1=O. The number of nitrogens with one attached hydrogen (secondary N) is 2.